The van der Waals surface area contributed by atoms with Gasteiger partial charge in [0.1, 0.15) is 0 Å². The number of carbonyl (C=O) groups is 3. The summed E-state index contributed by atoms with van der Waals surface area (Å²) in [5, 5.41) is 42.5. The molecule has 8 nitrogen and oxygen atoms in total. The van der Waals surface area contributed by atoms with Gasteiger partial charge in [-0.2, -0.15) is 0 Å². The van der Waals surface area contributed by atoms with E-state index in [0.29, 0.717) is 12.8 Å². The number of carboxylic acid groups (broad SMARTS) is 3. The summed E-state index contributed by atoms with van der Waals surface area (Å²) in [7, 11) is 0. The lowest BCUT2D eigenvalue weighted by atomic mass is 9.81. The van der Waals surface area contributed by atoms with Gasteiger partial charge in [-0.15, -0.1) is 0 Å². The number of allylic oxidation sites excluding steroid dienone is 3. The summed E-state index contributed by atoms with van der Waals surface area (Å²) >= 11 is 0. The van der Waals surface area contributed by atoms with E-state index in [-0.39, 0.29) is 43.3 Å². The van der Waals surface area contributed by atoms with Crippen LogP contribution in [0.5, 0.6) is 0 Å². The number of aliphatic hydroxyl groups is 2. The highest BCUT2D eigenvalue weighted by molar-refractivity contribution is 5.83. The van der Waals surface area contributed by atoms with Crippen LogP contribution < -0.4 is 0 Å². The Morgan fingerprint density at radius 2 is 1.12 bits per heavy atom. The molecule has 0 saturated carbocycles. The Balaban J connectivity index is 0.000000275. The lowest BCUT2D eigenvalue weighted by Crippen LogP contribution is -2.20. The van der Waals surface area contributed by atoms with Gasteiger partial charge in [0.05, 0.1) is 13.2 Å². The smallest absolute Gasteiger partial charge is 0.328 e. The molecule has 2 aromatic rings. The van der Waals surface area contributed by atoms with Crippen LogP contribution in [0.15, 0.2) is 72.3 Å². The number of unbranched alkanes of at least 4 members (excludes halogenated alkanes) is 1. The van der Waals surface area contributed by atoms with Crippen molar-refractivity contribution < 1.29 is 39.9 Å². The van der Waals surface area contributed by atoms with Gasteiger partial charge in [0.15, 0.2) is 0 Å². The second-order valence-corrected chi connectivity index (χ2v) is 10.4. The molecule has 0 spiro atoms. The predicted octanol–water partition coefficient (Wildman–Crippen LogP) is 5.33. The van der Waals surface area contributed by atoms with Crippen LogP contribution in [0.4, 0.5) is 0 Å². The van der Waals surface area contributed by atoms with Gasteiger partial charge in [-0.05, 0) is 40.7 Å². The zero-order valence-electron chi connectivity index (χ0n) is 22.9. The molecule has 2 unspecified atom stereocenters. The summed E-state index contributed by atoms with van der Waals surface area (Å²) < 4.78 is 0. The standard InChI is InChI=1S/C21H16O2.C6H10O4.C5H12O2/c22-21(23)13-20(18-11-9-14-5-1-3-7-16(14)18)19-12-10-15-6-2-4-8-17(15)19;7-5(8)3-1-2-4-6(9)10;1-5(2,3-6)4-7/h1-13,18-19H,(H,22,23);1-4H2,(H,7,8)(H,9,10);6-7H,3-4H2,1-2H3. The van der Waals surface area contributed by atoms with E-state index in [1.807, 2.05) is 24.3 Å². The Kier molecular flexibility index (Phi) is 12.5. The lowest BCUT2D eigenvalue weighted by molar-refractivity contribution is -0.139. The second kappa shape index (κ2) is 15.5. The maximum Gasteiger partial charge on any atom is 0.328 e. The molecule has 0 fully saturated rings. The van der Waals surface area contributed by atoms with Crippen molar-refractivity contribution in [2.45, 2.75) is 51.4 Å². The van der Waals surface area contributed by atoms with Crippen LogP contribution >= 0.6 is 0 Å². The minimum atomic E-state index is -0.893. The molecule has 0 bridgehead atoms. The van der Waals surface area contributed by atoms with Crippen LogP contribution in [0.25, 0.3) is 12.2 Å². The number of benzene rings is 2. The van der Waals surface area contributed by atoms with Crippen molar-refractivity contribution in [1.82, 2.24) is 0 Å². The summed E-state index contributed by atoms with van der Waals surface area (Å²) in [5.41, 5.74) is 5.31. The number of aliphatic carboxylic acids is 3. The molecular weight excluding hydrogens is 512 g/mol. The Labute approximate surface area is 234 Å². The highest BCUT2D eigenvalue weighted by Gasteiger charge is 2.29. The second-order valence-electron chi connectivity index (χ2n) is 10.4. The molecule has 2 aliphatic carbocycles. The van der Waals surface area contributed by atoms with Crippen LogP contribution in [-0.2, 0) is 14.4 Å². The molecule has 0 saturated heterocycles. The van der Waals surface area contributed by atoms with Crippen molar-refractivity contribution in [3.8, 4) is 0 Å². The SMILES string of the molecule is CC(C)(CO)CO.O=C(O)C=C(C1C=Cc2ccccc21)C1C=Cc2ccccc21.O=C(O)CCCCC(=O)O. The van der Waals surface area contributed by atoms with Gasteiger partial charge in [-0.1, -0.05) is 86.7 Å². The maximum absolute atomic E-state index is 11.4. The van der Waals surface area contributed by atoms with Crippen molar-refractivity contribution in [1.29, 1.82) is 0 Å². The van der Waals surface area contributed by atoms with Gasteiger partial charge < -0.3 is 25.5 Å². The third-order valence-electron chi connectivity index (χ3n) is 6.49. The Bertz CT molecular complexity index is 1170. The Morgan fingerprint density at radius 1 is 0.725 bits per heavy atom. The van der Waals surface area contributed by atoms with E-state index in [2.05, 4.69) is 48.6 Å². The van der Waals surface area contributed by atoms with Crippen LogP contribution in [0.2, 0.25) is 0 Å². The van der Waals surface area contributed by atoms with E-state index in [9.17, 15) is 19.5 Å². The fourth-order valence-electron chi connectivity index (χ4n) is 4.20. The van der Waals surface area contributed by atoms with E-state index in [1.54, 1.807) is 13.8 Å². The van der Waals surface area contributed by atoms with Gasteiger partial charge in [-0.25, -0.2) is 4.79 Å². The monoisotopic (exact) mass is 550 g/mol. The minimum Gasteiger partial charge on any atom is -0.481 e. The van der Waals surface area contributed by atoms with E-state index >= 15 is 0 Å². The normalized spacial score (nSPS) is 16.0. The fraction of sp³-hybridized carbons (Fsp3) is 0.344. The average Bonchev–Trinajstić information content (AvgIpc) is 3.55. The first kappa shape index (κ1) is 32.2. The quantitative estimate of drug-likeness (QED) is 0.197. The number of fused-ring (bicyclic) bond motifs is 2. The molecule has 0 aromatic heterocycles. The summed E-state index contributed by atoms with van der Waals surface area (Å²) in [6.45, 7) is 3.69. The summed E-state index contributed by atoms with van der Waals surface area (Å²) in [5.74, 6) is -2.60. The van der Waals surface area contributed by atoms with Gasteiger partial charge >= 0.3 is 17.9 Å². The molecule has 2 aromatic carbocycles. The third-order valence-corrected chi connectivity index (χ3v) is 6.49. The molecule has 0 heterocycles. The van der Waals surface area contributed by atoms with Crippen LogP contribution in [0.1, 0.15) is 73.6 Å². The molecule has 214 valence electrons. The first-order valence-electron chi connectivity index (χ1n) is 13.1. The third kappa shape index (κ3) is 9.94. The average molecular weight is 551 g/mol. The van der Waals surface area contributed by atoms with Crippen LogP contribution in [-0.4, -0.2) is 56.7 Å². The molecule has 0 radical (unpaired) electrons. The predicted molar refractivity (Wildman–Crippen MR) is 154 cm³/mol. The van der Waals surface area contributed by atoms with Crippen molar-refractivity contribution in [3.05, 3.63) is 94.6 Å². The van der Waals surface area contributed by atoms with E-state index < -0.39 is 17.9 Å². The Hall–Kier alpha value is -4.01. The van der Waals surface area contributed by atoms with Crippen LogP contribution in [0.3, 0.4) is 0 Å². The lowest BCUT2D eigenvalue weighted by Gasteiger charge is -2.21. The molecule has 0 amide bonds. The molecule has 2 atom stereocenters. The first-order valence-corrected chi connectivity index (χ1v) is 13.1. The summed E-state index contributed by atoms with van der Waals surface area (Å²) in [4.78, 5) is 31.2. The van der Waals surface area contributed by atoms with Crippen LogP contribution in [0, 0.1) is 5.41 Å². The zero-order valence-corrected chi connectivity index (χ0v) is 22.9. The highest BCUT2D eigenvalue weighted by atomic mass is 16.4. The van der Waals surface area contributed by atoms with Crippen molar-refractivity contribution in [2.75, 3.05) is 13.2 Å². The molecule has 2 aliphatic rings. The van der Waals surface area contributed by atoms with Crippen molar-refractivity contribution in [2.24, 2.45) is 5.41 Å². The summed E-state index contributed by atoms with van der Waals surface area (Å²) in [6, 6.07) is 16.4. The van der Waals surface area contributed by atoms with Crippen molar-refractivity contribution in [3.63, 3.8) is 0 Å². The topological polar surface area (TPSA) is 152 Å². The number of carboxylic acids is 3. The van der Waals surface area contributed by atoms with E-state index in [0.717, 1.165) is 5.57 Å². The minimum absolute atomic E-state index is 0.0168. The first-order chi connectivity index (χ1) is 19.0. The van der Waals surface area contributed by atoms with Gasteiger partial charge in [0, 0.05) is 36.2 Å². The number of aliphatic hydroxyl groups excluding tert-OH is 2. The molecular formula is C32H38O8. The molecule has 5 N–H and O–H groups in total. The number of hydrogen-bond donors (Lipinski definition) is 5. The van der Waals surface area contributed by atoms with Crippen molar-refractivity contribution >= 4 is 30.1 Å². The molecule has 4 rings (SSSR count). The van der Waals surface area contributed by atoms with Gasteiger partial charge in [0.2, 0.25) is 0 Å². The highest BCUT2D eigenvalue weighted by Crippen LogP contribution is 2.45. The van der Waals surface area contributed by atoms with E-state index in [1.165, 1.54) is 28.3 Å². The fourth-order valence-corrected chi connectivity index (χ4v) is 4.20. The molecule has 40 heavy (non-hydrogen) atoms. The van der Waals surface area contributed by atoms with Gasteiger partial charge in [0.25, 0.3) is 0 Å². The van der Waals surface area contributed by atoms with Gasteiger partial charge in [-0.3, -0.25) is 9.59 Å². The number of hydrogen-bond acceptors (Lipinski definition) is 5. The van der Waals surface area contributed by atoms with E-state index in [4.69, 9.17) is 20.4 Å². The molecule has 0 aliphatic heterocycles. The summed E-state index contributed by atoms with van der Waals surface area (Å²) in [6.07, 6.45) is 10.8. The number of rotatable bonds is 10. The molecule has 8 heteroatoms. The largest absolute Gasteiger partial charge is 0.481 e. The zero-order chi connectivity index (χ0) is 29.7. The Morgan fingerprint density at radius 3 is 1.45 bits per heavy atom. The maximum atomic E-state index is 11.4.